The van der Waals surface area contributed by atoms with Crippen molar-refractivity contribution < 1.29 is 19.8 Å². The lowest BCUT2D eigenvalue weighted by molar-refractivity contribution is 0.0142. The molecule has 1 aromatic rings. The van der Waals surface area contributed by atoms with Crippen molar-refractivity contribution >= 4 is 27.8 Å². The monoisotopic (exact) mass is 343 g/mol. The minimum Gasteiger partial charge on any atom is -0.478 e. The van der Waals surface area contributed by atoms with Gasteiger partial charge < -0.3 is 15.5 Å². The number of rotatable bonds is 5. The molecule has 0 aliphatic carbocycles. The Morgan fingerprint density at radius 2 is 1.85 bits per heavy atom. The third-order valence-electron chi connectivity index (χ3n) is 3.26. The topological polar surface area (TPSA) is 86.6 Å². The molecule has 20 heavy (non-hydrogen) atoms. The van der Waals surface area contributed by atoms with Gasteiger partial charge in [0, 0.05) is 16.6 Å². The number of hydrogen-bond donors (Lipinski definition) is 3. The van der Waals surface area contributed by atoms with Crippen molar-refractivity contribution in [2.75, 3.05) is 6.54 Å². The van der Waals surface area contributed by atoms with Gasteiger partial charge in [-0.25, -0.2) is 4.79 Å². The molecule has 0 saturated heterocycles. The Bertz CT molecular complexity index is 526. The van der Waals surface area contributed by atoms with Gasteiger partial charge in [-0.2, -0.15) is 0 Å². The third-order valence-corrected chi connectivity index (χ3v) is 3.72. The molecule has 0 fully saturated rings. The SMILES string of the molecule is CC(C)C(C)(O)CNC(=O)c1cc(Br)cc(C(=O)O)c1. The number of carbonyl (C=O) groups excluding carboxylic acids is 1. The number of halogens is 1. The van der Waals surface area contributed by atoms with Crippen LogP contribution in [0.15, 0.2) is 22.7 Å². The summed E-state index contributed by atoms with van der Waals surface area (Å²) in [5.74, 6) is -1.54. The number of carboxylic acid groups (broad SMARTS) is 1. The molecule has 0 aromatic heterocycles. The number of aliphatic hydroxyl groups is 1. The van der Waals surface area contributed by atoms with Crippen molar-refractivity contribution in [3.63, 3.8) is 0 Å². The van der Waals surface area contributed by atoms with E-state index in [1.807, 2.05) is 13.8 Å². The normalized spacial score (nSPS) is 13.9. The molecule has 110 valence electrons. The summed E-state index contributed by atoms with van der Waals surface area (Å²) in [6.45, 7) is 5.45. The number of carboxylic acids is 1. The van der Waals surface area contributed by atoms with Crippen LogP contribution >= 0.6 is 15.9 Å². The second-order valence-electron chi connectivity index (χ2n) is 5.23. The van der Waals surface area contributed by atoms with Gasteiger partial charge in [0.1, 0.15) is 0 Å². The number of hydrogen-bond acceptors (Lipinski definition) is 3. The predicted molar refractivity (Wildman–Crippen MR) is 78.9 cm³/mol. The van der Waals surface area contributed by atoms with Gasteiger partial charge in [0.15, 0.2) is 0 Å². The summed E-state index contributed by atoms with van der Waals surface area (Å²) < 4.78 is 0.512. The van der Waals surface area contributed by atoms with Crippen LogP contribution in [-0.2, 0) is 0 Å². The number of benzene rings is 1. The largest absolute Gasteiger partial charge is 0.478 e. The molecule has 0 radical (unpaired) electrons. The van der Waals surface area contributed by atoms with Gasteiger partial charge in [-0.1, -0.05) is 29.8 Å². The Balaban J connectivity index is 2.86. The van der Waals surface area contributed by atoms with Crippen LogP contribution in [0.2, 0.25) is 0 Å². The highest BCUT2D eigenvalue weighted by molar-refractivity contribution is 9.10. The summed E-state index contributed by atoms with van der Waals surface area (Å²) in [7, 11) is 0. The molecule has 0 heterocycles. The smallest absolute Gasteiger partial charge is 0.335 e. The maximum Gasteiger partial charge on any atom is 0.335 e. The standard InChI is InChI=1S/C14H18BrNO4/c1-8(2)14(3,20)7-16-12(17)9-4-10(13(18)19)6-11(15)5-9/h4-6,8,20H,7H2,1-3H3,(H,16,17)(H,18,19). The van der Waals surface area contributed by atoms with E-state index in [9.17, 15) is 14.7 Å². The summed E-state index contributed by atoms with van der Waals surface area (Å²) in [6.07, 6.45) is 0. The van der Waals surface area contributed by atoms with Crippen molar-refractivity contribution in [2.45, 2.75) is 26.4 Å². The van der Waals surface area contributed by atoms with Gasteiger partial charge >= 0.3 is 5.97 Å². The van der Waals surface area contributed by atoms with Crippen molar-refractivity contribution in [3.8, 4) is 0 Å². The van der Waals surface area contributed by atoms with Crippen molar-refractivity contribution in [1.82, 2.24) is 5.32 Å². The zero-order chi connectivity index (χ0) is 15.5. The molecule has 5 nitrogen and oxygen atoms in total. The molecular formula is C14H18BrNO4. The third kappa shape index (κ3) is 4.31. The van der Waals surface area contributed by atoms with Gasteiger partial charge in [-0.05, 0) is 31.0 Å². The highest BCUT2D eigenvalue weighted by Crippen LogP contribution is 2.17. The Kier molecular flexibility index (Phi) is 5.30. The number of carbonyl (C=O) groups is 2. The Labute approximate surface area is 126 Å². The molecule has 3 N–H and O–H groups in total. The summed E-state index contributed by atoms with van der Waals surface area (Å²) in [4.78, 5) is 22.9. The number of aromatic carboxylic acids is 1. The van der Waals surface area contributed by atoms with Crippen molar-refractivity contribution in [1.29, 1.82) is 0 Å². The molecule has 0 aliphatic heterocycles. The van der Waals surface area contributed by atoms with E-state index >= 15 is 0 Å². The maximum absolute atomic E-state index is 12.0. The van der Waals surface area contributed by atoms with Gasteiger partial charge in [-0.3, -0.25) is 4.79 Å². The average molecular weight is 344 g/mol. The van der Waals surface area contributed by atoms with E-state index in [0.29, 0.717) is 4.47 Å². The van der Waals surface area contributed by atoms with Crippen molar-refractivity contribution in [2.24, 2.45) is 5.92 Å². The van der Waals surface area contributed by atoms with Gasteiger partial charge in [0.2, 0.25) is 0 Å². The first-order valence-electron chi connectivity index (χ1n) is 6.18. The molecule has 0 aliphatic rings. The maximum atomic E-state index is 12.0. The zero-order valence-corrected chi connectivity index (χ0v) is 13.2. The van der Waals surface area contributed by atoms with Crippen molar-refractivity contribution in [3.05, 3.63) is 33.8 Å². The van der Waals surface area contributed by atoms with Gasteiger partial charge in [-0.15, -0.1) is 0 Å². The van der Waals surface area contributed by atoms with Crippen LogP contribution < -0.4 is 5.32 Å². The molecule has 1 amide bonds. The fourth-order valence-electron chi connectivity index (χ4n) is 1.41. The molecule has 0 spiro atoms. The van der Waals surface area contributed by atoms with Crippen LogP contribution in [0.4, 0.5) is 0 Å². The molecular weight excluding hydrogens is 326 g/mol. The van der Waals surface area contributed by atoms with Crippen LogP contribution in [0.25, 0.3) is 0 Å². The van der Waals surface area contributed by atoms with Crippen LogP contribution in [-0.4, -0.2) is 34.2 Å². The second kappa shape index (κ2) is 6.37. The van der Waals surface area contributed by atoms with Crippen LogP contribution in [0, 0.1) is 5.92 Å². The van der Waals surface area contributed by atoms with E-state index in [2.05, 4.69) is 21.2 Å². The van der Waals surface area contributed by atoms with E-state index in [4.69, 9.17) is 5.11 Å². The fourth-order valence-corrected chi connectivity index (χ4v) is 1.90. The highest BCUT2D eigenvalue weighted by atomic mass is 79.9. The van der Waals surface area contributed by atoms with E-state index < -0.39 is 17.5 Å². The number of amides is 1. The first-order chi connectivity index (χ1) is 9.13. The van der Waals surface area contributed by atoms with Crippen LogP contribution in [0.1, 0.15) is 41.5 Å². The van der Waals surface area contributed by atoms with E-state index in [-0.39, 0.29) is 23.6 Å². The predicted octanol–water partition coefficient (Wildman–Crippen LogP) is 2.28. The first kappa shape index (κ1) is 16.7. The quantitative estimate of drug-likeness (QED) is 0.765. The molecule has 1 aromatic carbocycles. The Morgan fingerprint density at radius 1 is 1.30 bits per heavy atom. The minimum absolute atomic E-state index is 0.0140. The Morgan fingerprint density at radius 3 is 2.35 bits per heavy atom. The summed E-state index contributed by atoms with van der Waals surface area (Å²) in [5.41, 5.74) is -0.756. The lowest BCUT2D eigenvalue weighted by Crippen LogP contribution is -2.44. The highest BCUT2D eigenvalue weighted by Gasteiger charge is 2.25. The van der Waals surface area contributed by atoms with E-state index in [1.54, 1.807) is 6.92 Å². The molecule has 1 rings (SSSR count). The Hall–Kier alpha value is -1.40. The summed E-state index contributed by atoms with van der Waals surface area (Å²) >= 11 is 3.17. The average Bonchev–Trinajstić information content (AvgIpc) is 2.35. The summed E-state index contributed by atoms with van der Waals surface area (Å²) in [5, 5.41) is 21.6. The summed E-state index contributed by atoms with van der Waals surface area (Å²) in [6, 6.07) is 4.25. The van der Waals surface area contributed by atoms with Crippen LogP contribution in [0.5, 0.6) is 0 Å². The zero-order valence-electron chi connectivity index (χ0n) is 11.6. The lowest BCUT2D eigenvalue weighted by atomic mass is 9.92. The van der Waals surface area contributed by atoms with Gasteiger partial charge in [0.25, 0.3) is 5.91 Å². The van der Waals surface area contributed by atoms with E-state index in [0.717, 1.165) is 0 Å². The first-order valence-corrected chi connectivity index (χ1v) is 6.97. The second-order valence-corrected chi connectivity index (χ2v) is 6.14. The molecule has 0 bridgehead atoms. The van der Waals surface area contributed by atoms with Gasteiger partial charge in [0.05, 0.1) is 11.2 Å². The minimum atomic E-state index is -1.10. The molecule has 0 saturated carbocycles. The molecule has 1 atom stereocenters. The van der Waals surface area contributed by atoms with E-state index in [1.165, 1.54) is 18.2 Å². The number of nitrogens with one attached hydrogen (secondary N) is 1. The molecule has 6 heteroatoms. The fraction of sp³-hybridized carbons (Fsp3) is 0.429. The lowest BCUT2D eigenvalue weighted by Gasteiger charge is -2.27. The van der Waals surface area contributed by atoms with Crippen LogP contribution in [0.3, 0.4) is 0 Å². The molecule has 1 unspecified atom stereocenters.